The highest BCUT2D eigenvalue weighted by Crippen LogP contribution is 2.26. The van der Waals surface area contributed by atoms with E-state index in [-0.39, 0.29) is 30.6 Å². The van der Waals surface area contributed by atoms with Crippen LogP contribution >= 0.6 is 0 Å². The van der Waals surface area contributed by atoms with Gasteiger partial charge in [0.05, 0.1) is 10.9 Å². The third-order valence-corrected chi connectivity index (χ3v) is 3.37. The fourth-order valence-corrected chi connectivity index (χ4v) is 2.28. The Labute approximate surface area is 137 Å². The molecular formula is C17H15FN4O2. The molecule has 2 aromatic heterocycles. The molecule has 0 aliphatic heterocycles. The Morgan fingerprint density at radius 2 is 2.25 bits per heavy atom. The topological polar surface area (TPSA) is 93.9 Å². The molecule has 2 heterocycles. The highest BCUT2D eigenvalue weighted by molar-refractivity contribution is 6.13. The summed E-state index contributed by atoms with van der Waals surface area (Å²) in [6.45, 7) is 0.398. The molecule has 3 aromatic rings. The maximum absolute atomic E-state index is 13.2. The minimum Gasteiger partial charge on any atom is -0.472 e. The molecule has 0 aliphatic carbocycles. The molecule has 0 radical (unpaired) electrons. The zero-order chi connectivity index (χ0) is 16.9. The Morgan fingerprint density at radius 1 is 1.38 bits per heavy atom. The van der Waals surface area contributed by atoms with Crippen molar-refractivity contribution in [2.45, 2.75) is 6.61 Å². The van der Waals surface area contributed by atoms with Crippen LogP contribution in [0.3, 0.4) is 0 Å². The van der Waals surface area contributed by atoms with Gasteiger partial charge in [-0.15, -0.1) is 0 Å². The Bertz CT molecular complexity index is 904. The van der Waals surface area contributed by atoms with E-state index in [1.54, 1.807) is 24.4 Å². The van der Waals surface area contributed by atoms with Crippen molar-refractivity contribution in [1.82, 2.24) is 15.0 Å². The van der Waals surface area contributed by atoms with Crippen molar-refractivity contribution in [2.75, 3.05) is 6.54 Å². The van der Waals surface area contributed by atoms with Crippen molar-refractivity contribution in [2.24, 2.45) is 5.73 Å². The highest BCUT2D eigenvalue weighted by atomic mass is 19.1. The number of rotatable bonds is 6. The first-order valence-corrected chi connectivity index (χ1v) is 7.29. The van der Waals surface area contributed by atoms with Crippen LogP contribution in [-0.2, 0) is 6.61 Å². The van der Waals surface area contributed by atoms with Crippen molar-refractivity contribution < 1.29 is 13.9 Å². The summed E-state index contributed by atoms with van der Waals surface area (Å²) in [5.74, 6) is -0.305. The molecule has 0 saturated carbocycles. The number of halogens is 1. The summed E-state index contributed by atoms with van der Waals surface area (Å²) < 4.78 is 18.9. The zero-order valence-corrected chi connectivity index (χ0v) is 12.7. The van der Waals surface area contributed by atoms with Gasteiger partial charge < -0.3 is 15.5 Å². The minimum absolute atomic E-state index is 0.126. The van der Waals surface area contributed by atoms with Crippen molar-refractivity contribution in [3.63, 3.8) is 0 Å². The number of nitrogens with one attached hydrogen (secondary N) is 1. The summed E-state index contributed by atoms with van der Waals surface area (Å²) in [4.78, 5) is 23.3. The lowest BCUT2D eigenvalue weighted by molar-refractivity contribution is 0.104. The highest BCUT2D eigenvalue weighted by Gasteiger charge is 2.16. The van der Waals surface area contributed by atoms with Gasteiger partial charge >= 0.3 is 0 Å². The van der Waals surface area contributed by atoms with Crippen LogP contribution in [0.25, 0.3) is 11.0 Å². The summed E-state index contributed by atoms with van der Waals surface area (Å²) in [5.41, 5.74) is 6.91. The first-order chi connectivity index (χ1) is 11.7. The van der Waals surface area contributed by atoms with E-state index in [9.17, 15) is 9.18 Å². The van der Waals surface area contributed by atoms with Crippen LogP contribution in [0.1, 0.15) is 15.9 Å². The Kier molecular flexibility index (Phi) is 4.62. The SMILES string of the molecule is NCC=CC(=O)c1c[nH]c2ncnc(OCc3cccc(F)c3)c12. The number of ether oxygens (including phenoxy) is 1. The van der Waals surface area contributed by atoms with E-state index in [4.69, 9.17) is 10.5 Å². The second-order valence-electron chi connectivity index (χ2n) is 5.03. The molecule has 122 valence electrons. The molecule has 0 unspecified atom stereocenters. The maximum Gasteiger partial charge on any atom is 0.227 e. The van der Waals surface area contributed by atoms with Gasteiger partial charge in [0.1, 0.15) is 24.4 Å². The van der Waals surface area contributed by atoms with Crippen LogP contribution in [0.4, 0.5) is 4.39 Å². The van der Waals surface area contributed by atoms with Gasteiger partial charge in [-0.25, -0.2) is 14.4 Å². The third-order valence-electron chi connectivity index (χ3n) is 3.37. The smallest absolute Gasteiger partial charge is 0.227 e. The second-order valence-corrected chi connectivity index (χ2v) is 5.03. The monoisotopic (exact) mass is 326 g/mol. The van der Waals surface area contributed by atoms with Gasteiger partial charge in [-0.2, -0.15) is 0 Å². The number of carbonyl (C=O) groups excluding carboxylic acids is 1. The first-order valence-electron chi connectivity index (χ1n) is 7.29. The second kappa shape index (κ2) is 7.01. The average Bonchev–Trinajstić information content (AvgIpc) is 3.02. The van der Waals surface area contributed by atoms with Crippen molar-refractivity contribution >= 4 is 16.8 Å². The van der Waals surface area contributed by atoms with Gasteiger partial charge in [0.2, 0.25) is 5.88 Å². The average molecular weight is 326 g/mol. The first kappa shape index (κ1) is 15.8. The van der Waals surface area contributed by atoms with Gasteiger partial charge in [0.15, 0.2) is 5.78 Å². The lowest BCUT2D eigenvalue weighted by Gasteiger charge is -2.07. The van der Waals surface area contributed by atoms with Gasteiger partial charge in [0.25, 0.3) is 0 Å². The van der Waals surface area contributed by atoms with Crippen LogP contribution in [0.2, 0.25) is 0 Å². The molecule has 0 saturated heterocycles. The summed E-state index contributed by atoms with van der Waals surface area (Å²) in [5, 5.41) is 0.487. The fourth-order valence-electron chi connectivity index (χ4n) is 2.28. The fraction of sp³-hybridized carbons (Fsp3) is 0.118. The third kappa shape index (κ3) is 3.31. The number of fused-ring (bicyclic) bond motifs is 1. The van der Waals surface area contributed by atoms with Crippen molar-refractivity contribution in [1.29, 1.82) is 0 Å². The van der Waals surface area contributed by atoms with Crippen LogP contribution < -0.4 is 10.5 Å². The number of hydrogen-bond acceptors (Lipinski definition) is 5. The number of carbonyl (C=O) groups is 1. The summed E-state index contributed by atoms with van der Waals surface area (Å²) in [7, 11) is 0. The van der Waals surface area contributed by atoms with Crippen LogP contribution in [0.5, 0.6) is 5.88 Å². The number of ketones is 1. The van der Waals surface area contributed by atoms with E-state index < -0.39 is 0 Å². The predicted octanol–water partition coefficient (Wildman–Crippen LogP) is 2.37. The van der Waals surface area contributed by atoms with Crippen molar-refractivity contribution in [3.8, 4) is 5.88 Å². The standard InChI is InChI=1S/C17H15FN4O2/c18-12-4-1-3-11(7-12)9-24-17-15-13(14(23)5-2-6-19)8-20-16(15)21-10-22-17/h1-5,7-8,10H,6,9,19H2,(H,20,21,22). The molecule has 0 fully saturated rings. The minimum atomic E-state index is -0.339. The molecule has 0 amide bonds. The summed E-state index contributed by atoms with van der Waals surface area (Å²) >= 11 is 0. The lowest BCUT2D eigenvalue weighted by Crippen LogP contribution is -2.01. The molecule has 6 nitrogen and oxygen atoms in total. The van der Waals surface area contributed by atoms with Gasteiger partial charge in [-0.05, 0) is 23.8 Å². The van der Waals surface area contributed by atoms with Crippen LogP contribution in [0.15, 0.2) is 48.9 Å². The number of aromatic amines is 1. The molecule has 0 atom stereocenters. The number of allylic oxidation sites excluding steroid dienone is 1. The summed E-state index contributed by atoms with van der Waals surface area (Å²) in [6.07, 6.45) is 5.85. The van der Waals surface area contributed by atoms with E-state index in [1.807, 2.05) is 0 Å². The Balaban J connectivity index is 1.91. The van der Waals surface area contributed by atoms with Crippen LogP contribution in [0, 0.1) is 5.82 Å². The Hall–Kier alpha value is -3.06. The van der Waals surface area contributed by atoms with Gasteiger partial charge in [-0.3, -0.25) is 4.79 Å². The zero-order valence-electron chi connectivity index (χ0n) is 12.7. The van der Waals surface area contributed by atoms with E-state index in [1.165, 1.54) is 24.5 Å². The maximum atomic E-state index is 13.2. The van der Waals surface area contributed by atoms with E-state index in [2.05, 4.69) is 15.0 Å². The van der Waals surface area contributed by atoms with E-state index in [0.717, 1.165) is 0 Å². The van der Waals surface area contributed by atoms with E-state index >= 15 is 0 Å². The quantitative estimate of drug-likeness (QED) is 0.536. The van der Waals surface area contributed by atoms with Gasteiger partial charge in [-0.1, -0.05) is 18.2 Å². The van der Waals surface area contributed by atoms with Crippen LogP contribution in [-0.4, -0.2) is 27.3 Å². The molecule has 3 N–H and O–H groups in total. The molecule has 3 rings (SSSR count). The number of nitrogens with zero attached hydrogens (tertiary/aromatic N) is 2. The molecule has 0 bridgehead atoms. The normalized spacial score (nSPS) is 11.2. The van der Waals surface area contributed by atoms with Gasteiger partial charge in [0, 0.05) is 12.7 Å². The molecular weight excluding hydrogens is 311 g/mol. The molecule has 1 aromatic carbocycles. The van der Waals surface area contributed by atoms with Crippen molar-refractivity contribution in [3.05, 3.63) is 65.9 Å². The number of H-pyrrole nitrogens is 1. The molecule has 0 aliphatic rings. The van der Waals surface area contributed by atoms with E-state index in [0.29, 0.717) is 22.2 Å². The predicted molar refractivity (Wildman–Crippen MR) is 87.1 cm³/mol. The number of hydrogen-bond donors (Lipinski definition) is 2. The number of nitrogens with two attached hydrogens (primary N) is 1. The molecule has 7 heteroatoms. The molecule has 0 spiro atoms. The largest absolute Gasteiger partial charge is 0.472 e. The number of aromatic nitrogens is 3. The number of benzene rings is 1. The Morgan fingerprint density at radius 3 is 3.04 bits per heavy atom. The summed E-state index contributed by atoms with van der Waals surface area (Å²) in [6, 6.07) is 6.09. The lowest BCUT2D eigenvalue weighted by atomic mass is 10.1. The molecule has 24 heavy (non-hydrogen) atoms.